The maximum atomic E-state index is 10.2. The lowest BCUT2D eigenvalue weighted by Crippen LogP contribution is -2.01. The summed E-state index contributed by atoms with van der Waals surface area (Å²) in [6.45, 7) is 4.27. The molecule has 11 nitrogen and oxygen atoms in total. The van der Waals surface area contributed by atoms with Crippen LogP contribution in [-0.2, 0) is 0 Å². The van der Waals surface area contributed by atoms with Gasteiger partial charge in [0.2, 0.25) is 0 Å². The highest BCUT2D eigenvalue weighted by atomic mass is 15.0. The minimum Gasteiger partial charge on any atom is -0.309 e. The summed E-state index contributed by atoms with van der Waals surface area (Å²) < 4.78 is 9.48. The summed E-state index contributed by atoms with van der Waals surface area (Å²) in [7, 11) is 0. The van der Waals surface area contributed by atoms with Gasteiger partial charge in [-0.15, -0.1) is 0 Å². The Labute approximate surface area is 773 Å². The number of aromatic nitrogens is 7. The minimum atomic E-state index is 0.441. The largest absolute Gasteiger partial charge is 0.309 e. The summed E-state index contributed by atoms with van der Waals surface area (Å²) in [5, 5.41) is 48.5. The smallest absolute Gasteiger partial charge is 0.160 e. The molecular formula is C123H77N11. The summed E-state index contributed by atoms with van der Waals surface area (Å²) in [5.74, 6) is 0.685. The number of nitriles is 4. The van der Waals surface area contributed by atoms with Crippen LogP contribution >= 0.6 is 0 Å². The van der Waals surface area contributed by atoms with E-state index < -0.39 is 0 Å². The molecule has 24 rings (SSSR count). The first-order valence-corrected chi connectivity index (χ1v) is 44.6. The maximum Gasteiger partial charge on any atom is 0.160 e. The summed E-state index contributed by atoms with van der Waals surface area (Å²) in [6.07, 6.45) is 0. The molecular weight excluding hydrogens is 1630 g/mol. The van der Waals surface area contributed by atoms with E-state index in [4.69, 9.17) is 15.0 Å². The molecule has 0 amide bonds. The SMILES string of the molecule is Cc1ccc(-c2ccc3c(c2)c2ccccc2n3-c2cc(-c3cc(-c4ccccc4)nc(-c4ccccc4)n3)cc(-n3c4ccccc4c4cc(-c5ccc(C)cc5)ccc43)c2)cc1.N#Cc1ccc(-c2ccc3c(c2)c2ccccc2n3-c2cc(-c3cc(-c4ccccc4)cc(-c4ccccc4)n3)cc(-n3c4ccccc4c4cc(-c5ccc(C#N)cc5C#N)ccc43)c2)c(C#N)c1. The first-order valence-electron chi connectivity index (χ1n) is 44.6. The molecule has 6 heterocycles. The van der Waals surface area contributed by atoms with Gasteiger partial charge < -0.3 is 18.3 Å². The average molecular weight is 1710 g/mol. The third-order valence-corrected chi connectivity index (χ3v) is 25.9. The van der Waals surface area contributed by atoms with E-state index in [1.54, 1.807) is 24.3 Å². The summed E-state index contributed by atoms with van der Waals surface area (Å²) >= 11 is 0. The molecule has 0 spiro atoms. The maximum absolute atomic E-state index is 10.2. The normalized spacial score (nSPS) is 11.3. The van der Waals surface area contributed by atoms with E-state index in [1.807, 2.05) is 60.7 Å². The highest BCUT2D eigenvalue weighted by Crippen LogP contribution is 2.46. The Morgan fingerprint density at radius 1 is 0.187 bits per heavy atom. The van der Waals surface area contributed by atoms with Crippen LogP contribution in [0.1, 0.15) is 33.4 Å². The van der Waals surface area contributed by atoms with Gasteiger partial charge in [-0.25, -0.2) is 15.0 Å². The van der Waals surface area contributed by atoms with Crippen LogP contribution in [0.4, 0.5) is 0 Å². The zero-order valence-electron chi connectivity index (χ0n) is 72.9. The molecule has 624 valence electrons. The first-order chi connectivity index (χ1) is 66.0. The molecule has 0 radical (unpaired) electrons. The van der Waals surface area contributed by atoms with Crippen LogP contribution in [0.25, 0.3) is 222 Å². The lowest BCUT2D eigenvalue weighted by Gasteiger charge is -2.17. The van der Waals surface area contributed by atoms with Gasteiger partial charge in [0.05, 0.1) is 113 Å². The van der Waals surface area contributed by atoms with Crippen molar-refractivity contribution in [2.45, 2.75) is 13.8 Å². The van der Waals surface area contributed by atoms with Crippen molar-refractivity contribution in [3.8, 4) is 159 Å². The lowest BCUT2D eigenvalue weighted by molar-refractivity contribution is 1.13. The molecule has 0 fully saturated rings. The number of pyridine rings is 1. The van der Waals surface area contributed by atoms with Crippen molar-refractivity contribution in [1.82, 2.24) is 33.2 Å². The summed E-state index contributed by atoms with van der Waals surface area (Å²) in [5.41, 5.74) is 35.3. The molecule has 0 atom stereocenters. The van der Waals surface area contributed by atoms with Gasteiger partial charge in [0.15, 0.2) is 5.82 Å². The molecule has 0 aliphatic rings. The van der Waals surface area contributed by atoms with E-state index in [0.29, 0.717) is 28.1 Å². The van der Waals surface area contributed by atoms with Crippen LogP contribution in [0.3, 0.4) is 0 Å². The molecule has 0 saturated carbocycles. The Morgan fingerprint density at radius 3 is 0.828 bits per heavy atom. The van der Waals surface area contributed by atoms with E-state index in [1.165, 1.54) is 54.9 Å². The highest BCUT2D eigenvalue weighted by molar-refractivity contribution is 6.15. The van der Waals surface area contributed by atoms with Crippen molar-refractivity contribution >= 4 is 87.2 Å². The van der Waals surface area contributed by atoms with Crippen LogP contribution in [0.5, 0.6) is 0 Å². The monoisotopic (exact) mass is 1710 g/mol. The van der Waals surface area contributed by atoms with Gasteiger partial charge in [-0.2, -0.15) is 21.0 Å². The number of fused-ring (bicyclic) bond motifs is 12. The van der Waals surface area contributed by atoms with Gasteiger partial charge in [-0.3, -0.25) is 0 Å². The number of nitrogens with zero attached hydrogens (tertiary/aromatic N) is 11. The fraction of sp³-hybridized carbons (Fsp3) is 0.0163. The Hall–Kier alpha value is -18.7. The van der Waals surface area contributed by atoms with Crippen LogP contribution in [0.2, 0.25) is 0 Å². The minimum absolute atomic E-state index is 0.441. The second kappa shape index (κ2) is 33.5. The Bertz CT molecular complexity index is 8540. The molecule has 0 saturated heterocycles. The molecule has 6 aromatic heterocycles. The van der Waals surface area contributed by atoms with Crippen molar-refractivity contribution in [3.05, 3.63) is 464 Å². The third-order valence-electron chi connectivity index (χ3n) is 25.9. The van der Waals surface area contributed by atoms with Gasteiger partial charge in [-0.05, 0) is 221 Å². The van der Waals surface area contributed by atoms with Gasteiger partial charge in [-0.1, -0.05) is 290 Å². The predicted molar refractivity (Wildman–Crippen MR) is 546 cm³/mol. The third kappa shape index (κ3) is 14.4. The van der Waals surface area contributed by atoms with Crippen LogP contribution in [0.15, 0.2) is 431 Å². The Kier molecular flexibility index (Phi) is 20.0. The second-order valence-corrected chi connectivity index (χ2v) is 34.1. The highest BCUT2D eigenvalue weighted by Gasteiger charge is 2.25. The number of hydrogen-bond donors (Lipinski definition) is 0. The summed E-state index contributed by atoms with van der Waals surface area (Å²) in [6, 6.07) is 159. The van der Waals surface area contributed by atoms with Crippen molar-refractivity contribution in [1.29, 1.82) is 21.0 Å². The Balaban J connectivity index is 0.000000152. The van der Waals surface area contributed by atoms with E-state index in [-0.39, 0.29) is 0 Å². The van der Waals surface area contributed by atoms with E-state index >= 15 is 0 Å². The summed E-state index contributed by atoms with van der Waals surface area (Å²) in [4.78, 5) is 16.0. The fourth-order valence-corrected chi connectivity index (χ4v) is 19.4. The number of rotatable bonds is 14. The topological polar surface area (TPSA) is 154 Å². The first kappa shape index (κ1) is 80.0. The molecule has 18 aromatic carbocycles. The van der Waals surface area contributed by atoms with Crippen LogP contribution < -0.4 is 0 Å². The van der Waals surface area contributed by atoms with Crippen molar-refractivity contribution in [3.63, 3.8) is 0 Å². The molecule has 134 heavy (non-hydrogen) atoms. The number of benzene rings is 18. The van der Waals surface area contributed by atoms with Gasteiger partial charge in [0, 0.05) is 93.7 Å². The zero-order chi connectivity index (χ0) is 90.0. The number of hydrogen-bond acceptors (Lipinski definition) is 7. The molecule has 0 bridgehead atoms. The van der Waals surface area contributed by atoms with Gasteiger partial charge >= 0.3 is 0 Å². The quantitative estimate of drug-likeness (QED) is 0.105. The van der Waals surface area contributed by atoms with Crippen molar-refractivity contribution < 1.29 is 0 Å². The Morgan fingerprint density at radius 2 is 0.470 bits per heavy atom. The van der Waals surface area contributed by atoms with Crippen LogP contribution in [-0.4, -0.2) is 33.2 Å². The molecule has 0 aliphatic heterocycles. The van der Waals surface area contributed by atoms with Crippen LogP contribution in [0, 0.1) is 59.2 Å². The molecule has 0 N–H and O–H groups in total. The van der Waals surface area contributed by atoms with E-state index in [0.717, 1.165) is 172 Å². The van der Waals surface area contributed by atoms with Crippen molar-refractivity contribution in [2.24, 2.45) is 0 Å². The molecule has 11 heteroatoms. The molecule has 0 unspecified atom stereocenters. The zero-order valence-corrected chi connectivity index (χ0v) is 72.9. The van der Waals surface area contributed by atoms with Gasteiger partial charge in [0.1, 0.15) is 0 Å². The molecule has 0 aliphatic carbocycles. The standard InChI is InChI=1S/C63H35N7.C60H42N4/c64-36-40-19-23-52(48(27-40)38-66)44-21-25-62-56(31-44)54-15-7-9-17-60(54)69(62)50-29-47(59-34-46(42-11-3-1-4-12-42)33-58(68-59)43-13-5-2-6-14-43)30-51(35-50)70-61-18-10-8-16-55(61)57-32-45(22-26-63(57)70)53-24-20-41(37-65)28-49(53)39-67;1-39-21-25-41(26-22-39)45-29-31-58-52(35-45)50-17-9-11-19-56(50)63(58)48-33-47(55-38-54(43-13-5-3-6-14-43)61-60(62-55)44-15-7-4-8-16-44)34-49(37-48)64-57-20-12-10-18-51(57)53-36-46(30-32-59(53)64)42-27-23-40(2)24-28-42/h1-35H;3-38H,1-2H3. The molecule has 24 aromatic rings. The van der Waals surface area contributed by atoms with E-state index in [9.17, 15) is 21.0 Å². The second-order valence-electron chi connectivity index (χ2n) is 34.1. The van der Waals surface area contributed by atoms with E-state index in [2.05, 4.69) is 402 Å². The van der Waals surface area contributed by atoms with Crippen molar-refractivity contribution in [2.75, 3.05) is 0 Å². The fourth-order valence-electron chi connectivity index (χ4n) is 19.4. The average Bonchev–Trinajstić information content (AvgIpc) is 1.56. The lowest BCUT2D eigenvalue weighted by atomic mass is 9.97. The number of aryl methyl sites for hydroxylation is 2. The number of para-hydroxylation sites is 4. The van der Waals surface area contributed by atoms with Gasteiger partial charge in [0.25, 0.3) is 0 Å². The predicted octanol–water partition coefficient (Wildman–Crippen LogP) is 30.7.